The predicted octanol–water partition coefficient (Wildman–Crippen LogP) is 2.74. The number of ether oxygens (including phenoxy) is 1. The molecule has 0 amide bonds. The van der Waals surface area contributed by atoms with E-state index < -0.39 is 18.7 Å². The Hall–Kier alpha value is -0.940. The van der Waals surface area contributed by atoms with Gasteiger partial charge in [-0.05, 0) is 23.3 Å². The van der Waals surface area contributed by atoms with E-state index in [1.165, 1.54) is 6.07 Å². The number of halogens is 4. The molecule has 0 saturated heterocycles. The maximum Gasteiger partial charge on any atom is 0.414 e. The summed E-state index contributed by atoms with van der Waals surface area (Å²) in [4.78, 5) is 0. The number of fused-ring (bicyclic) bond motifs is 1. The lowest BCUT2D eigenvalue weighted by atomic mass is 10.0. The third kappa shape index (κ3) is 2.66. The minimum Gasteiger partial charge on any atom is -0.493 e. The zero-order chi connectivity index (χ0) is 12.6. The summed E-state index contributed by atoms with van der Waals surface area (Å²) >= 11 is 5.81. The van der Waals surface area contributed by atoms with Gasteiger partial charge in [-0.1, -0.05) is 11.6 Å². The molecule has 1 atom stereocenters. The van der Waals surface area contributed by atoms with Crippen LogP contribution in [0.15, 0.2) is 12.1 Å². The van der Waals surface area contributed by atoms with Gasteiger partial charge >= 0.3 is 6.18 Å². The van der Waals surface area contributed by atoms with Crippen molar-refractivity contribution in [1.29, 1.82) is 0 Å². The van der Waals surface area contributed by atoms with Crippen LogP contribution in [0, 0.1) is 0 Å². The van der Waals surface area contributed by atoms with Crippen LogP contribution in [0.1, 0.15) is 11.1 Å². The molecular formula is C11H10ClF3O2. The molecule has 1 N–H and O–H groups in total. The Balaban J connectivity index is 2.27. The van der Waals surface area contributed by atoms with Crippen molar-refractivity contribution in [2.24, 2.45) is 0 Å². The summed E-state index contributed by atoms with van der Waals surface area (Å²) in [6, 6.07) is 3.08. The summed E-state index contributed by atoms with van der Waals surface area (Å²) in [7, 11) is 0. The zero-order valence-electron chi connectivity index (χ0n) is 8.72. The molecule has 0 radical (unpaired) electrons. The average molecular weight is 267 g/mol. The highest BCUT2D eigenvalue weighted by Crippen LogP contribution is 2.35. The normalized spacial score (nSPS) is 16.5. The summed E-state index contributed by atoms with van der Waals surface area (Å²) in [5, 5.41) is 9.40. The lowest BCUT2D eigenvalue weighted by Gasteiger charge is -2.16. The van der Waals surface area contributed by atoms with E-state index in [1.807, 2.05) is 0 Å². The van der Waals surface area contributed by atoms with Crippen molar-refractivity contribution in [3.05, 3.63) is 28.3 Å². The maximum absolute atomic E-state index is 12.3. The minimum absolute atomic E-state index is 0.301. The molecule has 0 aliphatic carbocycles. The fraction of sp³-hybridized carbons (Fsp3) is 0.455. The van der Waals surface area contributed by atoms with Crippen molar-refractivity contribution >= 4 is 11.6 Å². The van der Waals surface area contributed by atoms with Crippen molar-refractivity contribution in [2.45, 2.75) is 25.1 Å². The number of rotatable bonds is 2. The Labute approximate surface area is 101 Å². The van der Waals surface area contributed by atoms with E-state index in [4.69, 9.17) is 21.4 Å². The van der Waals surface area contributed by atoms with Crippen molar-refractivity contribution < 1.29 is 23.0 Å². The molecule has 2 nitrogen and oxygen atoms in total. The Morgan fingerprint density at radius 3 is 2.76 bits per heavy atom. The summed E-state index contributed by atoms with van der Waals surface area (Å²) in [6.45, 7) is 0.435. The molecule has 0 unspecified atom stereocenters. The Kier molecular flexibility index (Phi) is 3.23. The van der Waals surface area contributed by atoms with E-state index in [0.717, 1.165) is 5.56 Å². The largest absolute Gasteiger partial charge is 0.493 e. The molecule has 2 rings (SSSR count). The molecule has 6 heteroatoms. The van der Waals surface area contributed by atoms with Crippen molar-refractivity contribution in [2.75, 3.05) is 6.61 Å². The second-order valence-electron chi connectivity index (χ2n) is 3.91. The fourth-order valence-electron chi connectivity index (χ4n) is 1.82. The fourth-order valence-corrected chi connectivity index (χ4v) is 2.09. The standard InChI is InChI=1S/C11H10ClF3O2/c12-8-3-6-1-2-17-10(6)7(4-8)5-9(16)11(13,14)15/h3-4,9,16H,1-2,5H2/t9-/m1/s1. The van der Waals surface area contributed by atoms with Crippen LogP contribution in [-0.4, -0.2) is 24.0 Å². The smallest absolute Gasteiger partial charge is 0.414 e. The first-order valence-electron chi connectivity index (χ1n) is 5.07. The van der Waals surface area contributed by atoms with Crippen LogP contribution in [-0.2, 0) is 12.8 Å². The van der Waals surface area contributed by atoms with E-state index in [0.29, 0.717) is 29.4 Å². The highest BCUT2D eigenvalue weighted by molar-refractivity contribution is 6.30. The van der Waals surface area contributed by atoms with Crippen LogP contribution in [0.3, 0.4) is 0 Å². The number of benzene rings is 1. The molecule has 1 heterocycles. The van der Waals surface area contributed by atoms with Gasteiger partial charge in [0.05, 0.1) is 6.61 Å². The number of aliphatic hydroxyl groups excluding tert-OH is 1. The van der Waals surface area contributed by atoms with Crippen LogP contribution < -0.4 is 4.74 Å². The highest BCUT2D eigenvalue weighted by Gasteiger charge is 2.39. The van der Waals surface area contributed by atoms with Gasteiger partial charge in [0.1, 0.15) is 5.75 Å². The van der Waals surface area contributed by atoms with E-state index >= 15 is 0 Å². The first-order chi connectivity index (χ1) is 7.88. The van der Waals surface area contributed by atoms with Crippen molar-refractivity contribution in [3.63, 3.8) is 0 Å². The molecular weight excluding hydrogens is 257 g/mol. The molecule has 1 aromatic carbocycles. The topological polar surface area (TPSA) is 29.5 Å². The summed E-state index contributed by atoms with van der Waals surface area (Å²) in [6.07, 6.45) is -6.93. The van der Waals surface area contributed by atoms with E-state index in [1.54, 1.807) is 6.07 Å². The molecule has 0 fully saturated rings. The van der Waals surface area contributed by atoms with Crippen LogP contribution in [0.2, 0.25) is 5.02 Å². The summed E-state index contributed by atoms with van der Waals surface area (Å²) in [5.74, 6) is 0.428. The minimum atomic E-state index is -4.63. The van der Waals surface area contributed by atoms with Gasteiger partial charge in [-0.3, -0.25) is 0 Å². The van der Waals surface area contributed by atoms with E-state index in [-0.39, 0.29) is 0 Å². The van der Waals surface area contributed by atoms with Crippen LogP contribution in [0.25, 0.3) is 0 Å². The van der Waals surface area contributed by atoms with Crippen LogP contribution >= 0.6 is 11.6 Å². The monoisotopic (exact) mass is 266 g/mol. The quantitative estimate of drug-likeness (QED) is 0.892. The lowest BCUT2D eigenvalue weighted by molar-refractivity contribution is -0.203. The molecule has 0 bridgehead atoms. The number of alkyl halides is 3. The first kappa shape index (κ1) is 12.5. The Morgan fingerprint density at radius 2 is 2.12 bits per heavy atom. The number of hydrogen-bond donors (Lipinski definition) is 1. The first-order valence-corrected chi connectivity index (χ1v) is 5.44. The van der Waals surface area contributed by atoms with Gasteiger partial charge in [0.25, 0.3) is 0 Å². The lowest BCUT2D eigenvalue weighted by Crippen LogP contribution is -2.30. The van der Waals surface area contributed by atoms with Gasteiger partial charge in [-0.2, -0.15) is 13.2 Å². The molecule has 1 aliphatic heterocycles. The molecule has 1 aliphatic rings. The molecule has 0 spiro atoms. The molecule has 17 heavy (non-hydrogen) atoms. The van der Waals surface area contributed by atoms with Crippen molar-refractivity contribution in [1.82, 2.24) is 0 Å². The van der Waals surface area contributed by atoms with Gasteiger partial charge in [0.15, 0.2) is 6.10 Å². The summed E-state index contributed by atoms with van der Waals surface area (Å²) in [5.41, 5.74) is 1.09. The van der Waals surface area contributed by atoms with E-state index in [9.17, 15) is 13.2 Å². The van der Waals surface area contributed by atoms with Crippen LogP contribution in [0.4, 0.5) is 13.2 Å². The maximum atomic E-state index is 12.3. The molecule has 1 aromatic rings. The third-order valence-corrected chi connectivity index (χ3v) is 2.83. The molecule has 0 aromatic heterocycles. The predicted molar refractivity (Wildman–Crippen MR) is 56.4 cm³/mol. The molecule has 0 saturated carbocycles. The van der Waals surface area contributed by atoms with Crippen LogP contribution in [0.5, 0.6) is 5.75 Å². The average Bonchev–Trinajstić information content (AvgIpc) is 2.63. The van der Waals surface area contributed by atoms with Crippen molar-refractivity contribution in [3.8, 4) is 5.75 Å². The second-order valence-corrected chi connectivity index (χ2v) is 4.35. The van der Waals surface area contributed by atoms with Gasteiger partial charge < -0.3 is 9.84 Å². The van der Waals surface area contributed by atoms with Gasteiger partial charge in [0.2, 0.25) is 0 Å². The zero-order valence-corrected chi connectivity index (χ0v) is 9.48. The number of hydrogen-bond acceptors (Lipinski definition) is 2. The second kappa shape index (κ2) is 4.38. The number of aliphatic hydroxyl groups is 1. The Morgan fingerprint density at radius 1 is 1.41 bits per heavy atom. The van der Waals surface area contributed by atoms with Gasteiger partial charge in [0, 0.05) is 17.9 Å². The molecule has 94 valence electrons. The SMILES string of the molecule is O[C@H](Cc1cc(Cl)cc2c1OCC2)C(F)(F)F. The highest BCUT2D eigenvalue weighted by atomic mass is 35.5. The van der Waals surface area contributed by atoms with Gasteiger partial charge in [-0.15, -0.1) is 0 Å². The van der Waals surface area contributed by atoms with Gasteiger partial charge in [-0.25, -0.2) is 0 Å². The Bertz CT molecular complexity index is 431. The van der Waals surface area contributed by atoms with E-state index in [2.05, 4.69) is 0 Å². The third-order valence-electron chi connectivity index (χ3n) is 2.62. The summed E-state index contributed by atoms with van der Waals surface area (Å²) < 4.78 is 42.1.